The van der Waals surface area contributed by atoms with Gasteiger partial charge in [0.05, 0.1) is 0 Å². The van der Waals surface area contributed by atoms with Crippen molar-refractivity contribution >= 4 is 11.9 Å². The normalized spacial score (nSPS) is 17.6. The van der Waals surface area contributed by atoms with E-state index in [4.69, 9.17) is 9.47 Å². The Balaban J connectivity index is 2.31. The molecule has 1 aromatic carbocycles. The first-order valence-corrected chi connectivity index (χ1v) is 8.75. The van der Waals surface area contributed by atoms with Gasteiger partial charge in [-0.25, -0.2) is 9.18 Å². The van der Waals surface area contributed by atoms with Gasteiger partial charge in [-0.2, -0.15) is 8.78 Å². The number of carboxylic acids is 1. The van der Waals surface area contributed by atoms with Crippen molar-refractivity contribution in [2.45, 2.75) is 64.1 Å². The standard InChI is InChI=1S/C19H23F3O5/c1-11(2)15(19(21,22)17(24)25)26-16(23)13-7-6-12(20)10-14(13)27-18(3)8-4-5-9-18/h6-7,10-11,15H,4-5,8-9H2,1-3H3,(H,24,25)/p-1. The Bertz CT molecular complexity index is 711. The van der Waals surface area contributed by atoms with Crippen molar-refractivity contribution in [3.8, 4) is 5.75 Å². The predicted molar refractivity (Wildman–Crippen MR) is 87.9 cm³/mol. The van der Waals surface area contributed by atoms with E-state index >= 15 is 0 Å². The molecule has 0 amide bonds. The molecule has 150 valence electrons. The lowest BCUT2D eigenvalue weighted by Crippen LogP contribution is -2.53. The zero-order valence-electron chi connectivity index (χ0n) is 15.4. The Labute approximate surface area is 155 Å². The van der Waals surface area contributed by atoms with Crippen molar-refractivity contribution in [1.29, 1.82) is 0 Å². The van der Waals surface area contributed by atoms with E-state index in [0.717, 1.165) is 31.0 Å². The van der Waals surface area contributed by atoms with Crippen LogP contribution in [0.1, 0.15) is 56.8 Å². The molecule has 0 aromatic heterocycles. The molecule has 1 atom stereocenters. The highest BCUT2D eigenvalue weighted by Gasteiger charge is 2.46. The van der Waals surface area contributed by atoms with Crippen LogP contribution in [0.2, 0.25) is 0 Å². The zero-order chi connectivity index (χ0) is 20.4. The van der Waals surface area contributed by atoms with Gasteiger partial charge < -0.3 is 19.4 Å². The van der Waals surface area contributed by atoms with Crippen molar-refractivity contribution in [2.75, 3.05) is 0 Å². The highest BCUT2D eigenvalue weighted by Crippen LogP contribution is 2.36. The molecular formula is C19H22F3O5-. The van der Waals surface area contributed by atoms with Crippen LogP contribution in [0.4, 0.5) is 13.2 Å². The summed E-state index contributed by atoms with van der Waals surface area (Å²) in [6.07, 6.45) is 0.998. The first-order chi connectivity index (χ1) is 12.5. The van der Waals surface area contributed by atoms with E-state index in [9.17, 15) is 27.9 Å². The lowest BCUT2D eigenvalue weighted by atomic mass is 10.0. The molecule has 2 rings (SSSR count). The maximum atomic E-state index is 13.9. The van der Waals surface area contributed by atoms with Gasteiger partial charge >= 0.3 is 11.9 Å². The molecule has 8 heteroatoms. The number of ether oxygens (including phenoxy) is 2. The van der Waals surface area contributed by atoms with E-state index < -0.39 is 41.3 Å². The number of benzene rings is 1. The number of carbonyl (C=O) groups excluding carboxylic acids is 2. The highest BCUT2D eigenvalue weighted by atomic mass is 19.3. The third-order valence-corrected chi connectivity index (χ3v) is 4.65. The molecule has 1 unspecified atom stereocenters. The summed E-state index contributed by atoms with van der Waals surface area (Å²) < 4.78 is 52.0. The highest BCUT2D eigenvalue weighted by molar-refractivity contribution is 5.93. The largest absolute Gasteiger partial charge is 0.544 e. The van der Waals surface area contributed by atoms with E-state index in [0.29, 0.717) is 12.8 Å². The molecule has 5 nitrogen and oxygen atoms in total. The van der Waals surface area contributed by atoms with Gasteiger partial charge in [0.25, 0.3) is 0 Å². The van der Waals surface area contributed by atoms with Gasteiger partial charge in [0, 0.05) is 6.07 Å². The smallest absolute Gasteiger partial charge is 0.342 e. The predicted octanol–water partition coefficient (Wildman–Crippen LogP) is 3.10. The summed E-state index contributed by atoms with van der Waals surface area (Å²) >= 11 is 0. The molecule has 1 aliphatic rings. The number of hydrogen-bond acceptors (Lipinski definition) is 5. The minimum Gasteiger partial charge on any atom is -0.544 e. The molecule has 1 fully saturated rings. The van der Waals surface area contributed by atoms with Crippen molar-refractivity contribution < 1.29 is 37.3 Å². The fourth-order valence-electron chi connectivity index (χ4n) is 3.16. The maximum Gasteiger partial charge on any atom is 0.342 e. The molecule has 27 heavy (non-hydrogen) atoms. The summed E-state index contributed by atoms with van der Waals surface area (Å²) in [5.41, 5.74) is -0.848. The summed E-state index contributed by atoms with van der Waals surface area (Å²) in [7, 11) is 0. The molecule has 0 N–H and O–H groups in total. The van der Waals surface area contributed by atoms with Crippen LogP contribution in [0.5, 0.6) is 5.75 Å². The molecule has 0 radical (unpaired) electrons. The topological polar surface area (TPSA) is 75.7 Å². The van der Waals surface area contributed by atoms with Crippen LogP contribution in [-0.2, 0) is 9.53 Å². The zero-order valence-corrected chi connectivity index (χ0v) is 15.4. The Morgan fingerprint density at radius 2 is 1.81 bits per heavy atom. The number of halogens is 3. The number of esters is 1. The van der Waals surface area contributed by atoms with Crippen LogP contribution in [0.15, 0.2) is 18.2 Å². The Morgan fingerprint density at radius 3 is 2.33 bits per heavy atom. The van der Waals surface area contributed by atoms with Crippen molar-refractivity contribution in [2.24, 2.45) is 5.92 Å². The third kappa shape index (κ3) is 4.73. The summed E-state index contributed by atoms with van der Waals surface area (Å²) in [5, 5.41) is 10.7. The van der Waals surface area contributed by atoms with Crippen molar-refractivity contribution in [3.05, 3.63) is 29.6 Å². The molecular weight excluding hydrogens is 365 g/mol. The Kier molecular flexibility index (Phi) is 6.07. The van der Waals surface area contributed by atoms with E-state index in [1.165, 1.54) is 13.8 Å². The first-order valence-electron chi connectivity index (χ1n) is 8.75. The van der Waals surface area contributed by atoms with Crippen LogP contribution < -0.4 is 9.84 Å². The molecule has 0 spiro atoms. The molecule has 1 saturated carbocycles. The summed E-state index contributed by atoms with van der Waals surface area (Å²) in [6.45, 7) is 4.40. The molecule has 0 heterocycles. The van der Waals surface area contributed by atoms with Crippen molar-refractivity contribution in [3.63, 3.8) is 0 Å². The van der Waals surface area contributed by atoms with Gasteiger partial charge in [-0.15, -0.1) is 0 Å². The van der Waals surface area contributed by atoms with Crippen LogP contribution in [0.25, 0.3) is 0 Å². The minimum absolute atomic E-state index is 0.122. The molecule has 1 aromatic rings. The van der Waals surface area contributed by atoms with Gasteiger partial charge in [-0.3, -0.25) is 0 Å². The third-order valence-electron chi connectivity index (χ3n) is 4.65. The maximum absolute atomic E-state index is 13.9. The average Bonchev–Trinajstić information content (AvgIpc) is 2.98. The molecule has 0 saturated heterocycles. The van der Waals surface area contributed by atoms with Crippen LogP contribution in [0, 0.1) is 11.7 Å². The quantitative estimate of drug-likeness (QED) is 0.672. The van der Waals surface area contributed by atoms with Gasteiger partial charge in [0.2, 0.25) is 0 Å². The van der Waals surface area contributed by atoms with Gasteiger partial charge in [0.1, 0.15) is 28.7 Å². The lowest BCUT2D eigenvalue weighted by molar-refractivity contribution is -0.337. The molecule has 0 aliphatic heterocycles. The number of carbonyl (C=O) groups is 2. The second kappa shape index (κ2) is 7.78. The Morgan fingerprint density at radius 1 is 1.22 bits per heavy atom. The number of hydrogen-bond donors (Lipinski definition) is 0. The second-order valence-electron chi connectivity index (χ2n) is 7.38. The monoisotopic (exact) mass is 387 g/mol. The van der Waals surface area contributed by atoms with Crippen molar-refractivity contribution in [1.82, 2.24) is 0 Å². The van der Waals surface area contributed by atoms with Crippen LogP contribution >= 0.6 is 0 Å². The SMILES string of the molecule is CC(C)C(OC(=O)c1ccc(F)cc1OC1(C)CCCC1)C(F)(F)C(=O)[O-]. The average molecular weight is 387 g/mol. The number of carboxylic acid groups (broad SMARTS) is 1. The first kappa shape index (κ1) is 21.1. The van der Waals surface area contributed by atoms with Gasteiger partial charge in [-0.05, 0) is 50.7 Å². The second-order valence-corrected chi connectivity index (χ2v) is 7.38. The fourth-order valence-corrected chi connectivity index (χ4v) is 3.16. The summed E-state index contributed by atoms with van der Waals surface area (Å²) in [6, 6.07) is 3.03. The van der Waals surface area contributed by atoms with Crippen LogP contribution in [-0.4, -0.2) is 29.6 Å². The lowest BCUT2D eigenvalue weighted by Gasteiger charge is -2.31. The number of alkyl halides is 2. The number of aliphatic carboxylic acids is 1. The fraction of sp³-hybridized carbons (Fsp3) is 0.579. The Hall–Kier alpha value is -2.25. The number of rotatable bonds is 7. The van der Waals surface area contributed by atoms with Crippen LogP contribution in [0.3, 0.4) is 0 Å². The minimum atomic E-state index is -4.37. The molecule has 0 bridgehead atoms. The molecule has 1 aliphatic carbocycles. The van der Waals surface area contributed by atoms with E-state index in [1.54, 1.807) is 0 Å². The summed E-state index contributed by atoms with van der Waals surface area (Å²) in [5.74, 6) is -10.0. The van der Waals surface area contributed by atoms with E-state index in [1.807, 2.05) is 6.92 Å². The summed E-state index contributed by atoms with van der Waals surface area (Å²) in [4.78, 5) is 23.2. The van der Waals surface area contributed by atoms with E-state index in [-0.39, 0.29) is 11.3 Å². The van der Waals surface area contributed by atoms with Gasteiger partial charge in [-0.1, -0.05) is 13.8 Å². The van der Waals surface area contributed by atoms with Gasteiger partial charge in [0.15, 0.2) is 6.10 Å². The van der Waals surface area contributed by atoms with E-state index in [2.05, 4.69) is 0 Å².